The fraction of sp³-hybridized carbons (Fsp3) is 0.667. The van der Waals surface area contributed by atoms with Crippen molar-refractivity contribution < 1.29 is 24.6 Å². The van der Waals surface area contributed by atoms with Crippen LogP contribution in [0.15, 0.2) is 0 Å². The normalized spacial score (nSPS) is 15.7. The van der Waals surface area contributed by atoms with E-state index in [4.69, 9.17) is 15.9 Å². The van der Waals surface area contributed by atoms with Crippen LogP contribution in [0.4, 0.5) is 0 Å². The van der Waals surface area contributed by atoms with Crippen LogP contribution in [0.5, 0.6) is 0 Å². The summed E-state index contributed by atoms with van der Waals surface area (Å²) >= 11 is 0. The molecule has 92 valence electrons. The highest BCUT2D eigenvalue weighted by atomic mass is 16.4. The van der Waals surface area contributed by atoms with Crippen LogP contribution in [0.2, 0.25) is 0 Å². The van der Waals surface area contributed by atoms with Gasteiger partial charge < -0.3 is 21.3 Å². The minimum atomic E-state index is -1.17. The van der Waals surface area contributed by atoms with Crippen molar-refractivity contribution >= 4 is 17.8 Å². The molecule has 1 fully saturated rings. The first-order valence-corrected chi connectivity index (χ1v) is 4.90. The van der Waals surface area contributed by atoms with Gasteiger partial charge in [-0.1, -0.05) is 0 Å². The Morgan fingerprint density at radius 3 is 2.31 bits per heavy atom. The summed E-state index contributed by atoms with van der Waals surface area (Å²) in [5.74, 6) is -1.99. The molecule has 7 heteroatoms. The van der Waals surface area contributed by atoms with Gasteiger partial charge in [0.15, 0.2) is 0 Å². The molecule has 1 aliphatic heterocycles. The van der Waals surface area contributed by atoms with Crippen molar-refractivity contribution in [2.45, 2.75) is 31.7 Å². The van der Waals surface area contributed by atoms with Crippen LogP contribution in [-0.4, -0.2) is 40.6 Å². The molecular formula is C9H16N2O5. The van der Waals surface area contributed by atoms with Crippen molar-refractivity contribution in [2.24, 2.45) is 5.73 Å². The highest BCUT2D eigenvalue weighted by Crippen LogP contribution is 1.93. The van der Waals surface area contributed by atoms with E-state index in [-0.39, 0.29) is 18.7 Å². The van der Waals surface area contributed by atoms with Crippen LogP contribution in [0, 0.1) is 0 Å². The number of rotatable bonds is 4. The minimum Gasteiger partial charge on any atom is -0.481 e. The molecule has 7 nitrogen and oxygen atoms in total. The van der Waals surface area contributed by atoms with Crippen molar-refractivity contribution in [3.8, 4) is 0 Å². The molecule has 1 saturated heterocycles. The van der Waals surface area contributed by atoms with E-state index in [1.807, 2.05) is 0 Å². The van der Waals surface area contributed by atoms with Gasteiger partial charge in [0.1, 0.15) is 6.04 Å². The van der Waals surface area contributed by atoms with Crippen LogP contribution >= 0.6 is 0 Å². The number of amides is 1. The van der Waals surface area contributed by atoms with Gasteiger partial charge in [-0.3, -0.25) is 14.4 Å². The van der Waals surface area contributed by atoms with Gasteiger partial charge in [0, 0.05) is 19.4 Å². The molecule has 0 aromatic rings. The van der Waals surface area contributed by atoms with Crippen molar-refractivity contribution in [1.29, 1.82) is 0 Å². The Kier molecular flexibility index (Phi) is 6.86. The average molecular weight is 232 g/mol. The first-order chi connectivity index (χ1) is 7.43. The lowest BCUT2D eigenvalue weighted by molar-refractivity contribution is -0.139. The zero-order chi connectivity index (χ0) is 12.6. The predicted octanol–water partition coefficient (Wildman–Crippen LogP) is -0.840. The number of nitrogens with two attached hydrogens (primary N) is 1. The molecule has 0 aromatic carbocycles. The van der Waals surface area contributed by atoms with Crippen LogP contribution in [0.1, 0.15) is 25.7 Å². The summed E-state index contributed by atoms with van der Waals surface area (Å²) in [6, 6.07) is -1.06. The van der Waals surface area contributed by atoms with E-state index in [0.717, 1.165) is 19.4 Å². The molecule has 1 amide bonds. The van der Waals surface area contributed by atoms with E-state index in [9.17, 15) is 14.4 Å². The monoisotopic (exact) mass is 232 g/mol. The number of aliphatic carboxylic acids is 2. The Balaban J connectivity index is 0.000000315. The molecule has 1 heterocycles. The Hall–Kier alpha value is -1.63. The third kappa shape index (κ3) is 7.74. The Bertz CT molecular complexity index is 259. The lowest BCUT2D eigenvalue weighted by Crippen LogP contribution is -2.30. The van der Waals surface area contributed by atoms with E-state index < -0.39 is 18.0 Å². The summed E-state index contributed by atoms with van der Waals surface area (Å²) in [6.45, 7) is 0.888. The summed E-state index contributed by atoms with van der Waals surface area (Å²) < 4.78 is 0. The second-order valence-electron chi connectivity index (χ2n) is 3.33. The van der Waals surface area contributed by atoms with E-state index in [2.05, 4.69) is 5.32 Å². The second-order valence-corrected chi connectivity index (χ2v) is 3.33. The first kappa shape index (κ1) is 14.4. The number of carbonyl (C=O) groups excluding carboxylic acids is 1. The summed E-state index contributed by atoms with van der Waals surface area (Å²) in [6.07, 6.45) is 1.54. The lowest BCUT2D eigenvalue weighted by atomic mass is 10.2. The van der Waals surface area contributed by atoms with Crippen molar-refractivity contribution in [3.05, 3.63) is 0 Å². The molecule has 1 unspecified atom stereocenters. The van der Waals surface area contributed by atoms with Gasteiger partial charge in [0.05, 0.1) is 0 Å². The standard InChI is InChI=1S/C5H9NO4.C4H7NO/c6-3(5(9)10)1-2-4(7)8;6-4-2-1-3-5-4/h3H,1-2,6H2,(H,7,8)(H,9,10);1-3H2,(H,5,6). The van der Waals surface area contributed by atoms with E-state index >= 15 is 0 Å². The molecule has 1 aliphatic rings. The molecule has 1 rings (SSSR count). The van der Waals surface area contributed by atoms with Gasteiger partial charge >= 0.3 is 11.9 Å². The molecular weight excluding hydrogens is 216 g/mol. The average Bonchev–Trinajstić information content (AvgIpc) is 2.66. The predicted molar refractivity (Wildman–Crippen MR) is 54.7 cm³/mol. The zero-order valence-corrected chi connectivity index (χ0v) is 8.81. The van der Waals surface area contributed by atoms with Crippen LogP contribution in [-0.2, 0) is 14.4 Å². The van der Waals surface area contributed by atoms with Crippen LogP contribution in [0.3, 0.4) is 0 Å². The van der Waals surface area contributed by atoms with Gasteiger partial charge in [-0.25, -0.2) is 0 Å². The maximum atomic E-state index is 10.1. The molecule has 0 saturated carbocycles. The van der Waals surface area contributed by atoms with Crippen molar-refractivity contribution in [1.82, 2.24) is 5.32 Å². The maximum absolute atomic E-state index is 10.1. The summed E-state index contributed by atoms with van der Waals surface area (Å²) in [7, 11) is 0. The van der Waals surface area contributed by atoms with Crippen molar-refractivity contribution in [2.75, 3.05) is 6.54 Å². The first-order valence-electron chi connectivity index (χ1n) is 4.90. The van der Waals surface area contributed by atoms with Gasteiger partial charge in [-0.15, -0.1) is 0 Å². The molecule has 0 bridgehead atoms. The number of nitrogens with one attached hydrogen (secondary N) is 1. The smallest absolute Gasteiger partial charge is 0.320 e. The molecule has 1 atom stereocenters. The molecule has 0 radical (unpaired) electrons. The molecule has 0 spiro atoms. The summed E-state index contributed by atoms with van der Waals surface area (Å²) in [4.78, 5) is 30.0. The highest BCUT2D eigenvalue weighted by molar-refractivity contribution is 5.77. The Morgan fingerprint density at radius 2 is 2.06 bits per heavy atom. The fourth-order valence-electron chi connectivity index (χ4n) is 0.968. The molecule has 0 aliphatic carbocycles. The van der Waals surface area contributed by atoms with Crippen LogP contribution in [0.25, 0.3) is 0 Å². The SMILES string of the molecule is NC(CCC(=O)O)C(=O)O.O=C1CCCN1. The van der Waals surface area contributed by atoms with E-state index in [0.29, 0.717) is 0 Å². The maximum Gasteiger partial charge on any atom is 0.320 e. The quantitative estimate of drug-likeness (QED) is 0.500. The fourth-order valence-corrected chi connectivity index (χ4v) is 0.968. The third-order valence-electron chi connectivity index (χ3n) is 1.89. The second kappa shape index (κ2) is 7.63. The topological polar surface area (TPSA) is 130 Å². The van der Waals surface area contributed by atoms with Gasteiger partial charge in [0.25, 0.3) is 0 Å². The highest BCUT2D eigenvalue weighted by Gasteiger charge is 2.12. The minimum absolute atomic E-state index is 0.0231. The van der Waals surface area contributed by atoms with E-state index in [1.165, 1.54) is 0 Å². The molecule has 5 N–H and O–H groups in total. The van der Waals surface area contributed by atoms with Crippen molar-refractivity contribution in [3.63, 3.8) is 0 Å². The number of hydrogen-bond acceptors (Lipinski definition) is 4. The molecule has 16 heavy (non-hydrogen) atoms. The third-order valence-corrected chi connectivity index (χ3v) is 1.89. The number of carboxylic acids is 2. The lowest BCUT2D eigenvalue weighted by Gasteiger charge is -2.01. The Morgan fingerprint density at radius 1 is 1.44 bits per heavy atom. The van der Waals surface area contributed by atoms with E-state index in [1.54, 1.807) is 0 Å². The number of hydrogen-bond donors (Lipinski definition) is 4. The summed E-state index contributed by atoms with van der Waals surface area (Å²) in [5.41, 5.74) is 5.00. The summed E-state index contributed by atoms with van der Waals surface area (Å²) in [5, 5.41) is 19.0. The number of carbonyl (C=O) groups is 3. The largest absolute Gasteiger partial charge is 0.481 e. The zero-order valence-electron chi connectivity index (χ0n) is 8.81. The van der Waals surface area contributed by atoms with Gasteiger partial charge in [-0.05, 0) is 12.8 Å². The molecule has 0 aromatic heterocycles. The Labute approximate surface area is 92.6 Å². The van der Waals surface area contributed by atoms with Gasteiger partial charge in [-0.2, -0.15) is 0 Å². The van der Waals surface area contributed by atoms with Crippen LogP contribution < -0.4 is 11.1 Å². The number of carboxylic acid groups (broad SMARTS) is 2. The van der Waals surface area contributed by atoms with Gasteiger partial charge in [0.2, 0.25) is 5.91 Å².